The van der Waals surface area contributed by atoms with Crippen LogP contribution >= 0.6 is 0 Å². The van der Waals surface area contributed by atoms with E-state index in [0.29, 0.717) is 22.5 Å². The lowest BCUT2D eigenvalue weighted by Gasteiger charge is -2.17. The summed E-state index contributed by atoms with van der Waals surface area (Å²) in [7, 11) is 0. The highest BCUT2D eigenvalue weighted by Crippen LogP contribution is 2.29. The predicted octanol–water partition coefficient (Wildman–Crippen LogP) is 5.41. The van der Waals surface area contributed by atoms with Crippen LogP contribution in [0.5, 0.6) is 0 Å². The van der Waals surface area contributed by atoms with Crippen molar-refractivity contribution in [2.75, 3.05) is 0 Å². The Morgan fingerprint density at radius 1 is 1.03 bits per heavy atom. The third kappa shape index (κ3) is 3.47. The third-order valence-electron chi connectivity index (χ3n) is 5.09. The lowest BCUT2D eigenvalue weighted by atomic mass is 9.98. The number of carbonyl (C=O) groups is 2. The number of carbonyl (C=O) groups excluding carboxylic acids is 2. The number of H-pyrrole nitrogens is 1. The van der Waals surface area contributed by atoms with E-state index in [1.54, 1.807) is 31.3 Å². The summed E-state index contributed by atoms with van der Waals surface area (Å²) in [6.07, 6.45) is 2.92. The van der Waals surface area contributed by atoms with Gasteiger partial charge in [0.05, 0.1) is 6.26 Å². The Kier molecular flexibility index (Phi) is 5.04. The van der Waals surface area contributed by atoms with Gasteiger partial charge in [0.2, 0.25) is 5.78 Å². The molecule has 0 aliphatic carbocycles. The molecule has 0 saturated carbocycles. The number of nitrogens with one attached hydrogen (secondary N) is 1. The number of ketones is 1. The van der Waals surface area contributed by atoms with E-state index >= 15 is 0 Å². The second kappa shape index (κ2) is 7.80. The number of aromatic amines is 1. The van der Waals surface area contributed by atoms with Gasteiger partial charge in [-0.25, -0.2) is 4.79 Å². The minimum atomic E-state index is -1.05. The lowest BCUT2D eigenvalue weighted by Crippen LogP contribution is -2.20. The van der Waals surface area contributed by atoms with Gasteiger partial charge in [0.25, 0.3) is 0 Å². The van der Waals surface area contributed by atoms with Gasteiger partial charge in [-0.15, -0.1) is 0 Å². The molecule has 29 heavy (non-hydrogen) atoms. The number of aromatic nitrogens is 1. The molecular weight excluding hydrogens is 366 g/mol. The largest absolute Gasteiger partial charge is 0.469 e. The molecule has 0 bridgehead atoms. The number of ether oxygens (including phenoxy) is 1. The molecule has 0 radical (unpaired) electrons. The number of aryl methyl sites for hydroxylation is 2. The van der Waals surface area contributed by atoms with Crippen molar-refractivity contribution in [1.82, 2.24) is 4.98 Å². The van der Waals surface area contributed by atoms with Gasteiger partial charge in [0, 0.05) is 28.2 Å². The van der Waals surface area contributed by atoms with E-state index in [9.17, 15) is 9.59 Å². The highest BCUT2D eigenvalue weighted by Gasteiger charge is 2.29. The summed E-state index contributed by atoms with van der Waals surface area (Å²) in [6, 6.07) is 16.5. The lowest BCUT2D eigenvalue weighted by molar-refractivity contribution is 0.0279. The molecule has 146 valence electrons. The van der Waals surface area contributed by atoms with E-state index in [-0.39, 0.29) is 5.78 Å². The molecule has 5 nitrogen and oxygen atoms in total. The maximum absolute atomic E-state index is 13.5. The van der Waals surface area contributed by atoms with E-state index < -0.39 is 12.1 Å². The van der Waals surface area contributed by atoms with Gasteiger partial charge < -0.3 is 14.1 Å². The second-order valence-corrected chi connectivity index (χ2v) is 6.85. The molecule has 0 aliphatic rings. The van der Waals surface area contributed by atoms with Crippen molar-refractivity contribution in [3.63, 3.8) is 0 Å². The summed E-state index contributed by atoms with van der Waals surface area (Å²) < 4.78 is 10.9. The topological polar surface area (TPSA) is 72.3 Å². The van der Waals surface area contributed by atoms with Crippen LogP contribution in [-0.2, 0) is 11.2 Å². The van der Waals surface area contributed by atoms with Crippen molar-refractivity contribution in [1.29, 1.82) is 0 Å². The minimum absolute atomic E-state index is 0.273. The summed E-state index contributed by atoms with van der Waals surface area (Å²) in [5, 5.41) is 0.825. The van der Waals surface area contributed by atoms with Crippen LogP contribution in [0.2, 0.25) is 0 Å². The molecule has 0 amide bonds. The van der Waals surface area contributed by atoms with Crippen molar-refractivity contribution in [3.8, 4) is 0 Å². The predicted molar refractivity (Wildman–Crippen MR) is 110 cm³/mol. The summed E-state index contributed by atoms with van der Waals surface area (Å²) >= 11 is 0. The zero-order valence-electron chi connectivity index (χ0n) is 16.3. The average Bonchev–Trinajstić information content (AvgIpc) is 3.38. The van der Waals surface area contributed by atoms with E-state index in [1.165, 1.54) is 6.26 Å². The van der Waals surface area contributed by atoms with Gasteiger partial charge in [-0.3, -0.25) is 4.79 Å². The number of hydrogen-bond donors (Lipinski definition) is 1. The molecule has 4 aromatic rings. The maximum Gasteiger partial charge on any atom is 0.342 e. The van der Waals surface area contributed by atoms with Crippen LogP contribution in [0.1, 0.15) is 50.6 Å². The number of fused-ring (bicyclic) bond motifs is 1. The van der Waals surface area contributed by atoms with Crippen molar-refractivity contribution < 1.29 is 18.7 Å². The van der Waals surface area contributed by atoms with Crippen molar-refractivity contribution >= 4 is 22.7 Å². The second-order valence-electron chi connectivity index (χ2n) is 6.85. The fourth-order valence-corrected chi connectivity index (χ4v) is 3.52. The number of Topliss-reactive ketones (excluding diaryl/α,β-unsaturated/α-hetero) is 1. The maximum atomic E-state index is 13.5. The number of hydrogen-bond acceptors (Lipinski definition) is 4. The Morgan fingerprint density at radius 2 is 1.83 bits per heavy atom. The van der Waals surface area contributed by atoms with Gasteiger partial charge in [-0.2, -0.15) is 0 Å². The highest BCUT2D eigenvalue weighted by molar-refractivity contribution is 6.11. The smallest absolute Gasteiger partial charge is 0.342 e. The van der Waals surface area contributed by atoms with Crippen LogP contribution in [0.4, 0.5) is 0 Å². The zero-order valence-corrected chi connectivity index (χ0v) is 16.3. The minimum Gasteiger partial charge on any atom is -0.469 e. The first-order valence-corrected chi connectivity index (χ1v) is 9.53. The highest BCUT2D eigenvalue weighted by atomic mass is 16.5. The summed E-state index contributed by atoms with van der Waals surface area (Å²) in [5.41, 5.74) is 3.49. The number of benzene rings is 2. The van der Waals surface area contributed by atoms with Gasteiger partial charge in [-0.1, -0.05) is 55.5 Å². The van der Waals surface area contributed by atoms with Gasteiger partial charge in [-0.05, 0) is 25.0 Å². The van der Waals surface area contributed by atoms with Crippen molar-refractivity contribution in [2.24, 2.45) is 0 Å². The Bertz CT molecular complexity index is 1170. The van der Waals surface area contributed by atoms with E-state index in [2.05, 4.69) is 11.9 Å². The van der Waals surface area contributed by atoms with Crippen molar-refractivity contribution in [3.05, 3.63) is 95.1 Å². The third-order valence-corrected chi connectivity index (χ3v) is 5.09. The van der Waals surface area contributed by atoms with E-state index in [1.807, 2.05) is 36.4 Å². The molecule has 0 unspecified atom stereocenters. The Balaban J connectivity index is 1.75. The van der Waals surface area contributed by atoms with Gasteiger partial charge >= 0.3 is 5.97 Å². The molecule has 2 aromatic heterocycles. The SMILES string of the molecule is CCc1cccc2c(C(=O)[C@H](OC(=O)c3ccoc3C)c3ccccc3)c[nH]c12. The molecular formula is C24H21NO4. The molecule has 0 aliphatic heterocycles. The molecule has 0 saturated heterocycles. The first-order chi connectivity index (χ1) is 14.1. The zero-order chi connectivity index (χ0) is 20.4. The number of rotatable bonds is 6. The molecule has 5 heteroatoms. The standard InChI is InChI=1S/C24H21NO4/c1-3-16-10-7-11-19-20(14-25-21(16)19)22(26)23(17-8-5-4-6-9-17)29-24(27)18-12-13-28-15(18)2/h4-14,23,25H,3H2,1-2H3/t23-/m1/s1. The normalized spacial score (nSPS) is 12.1. The van der Waals surface area contributed by atoms with Gasteiger partial charge in [0.1, 0.15) is 11.3 Å². The van der Waals surface area contributed by atoms with Gasteiger partial charge in [0.15, 0.2) is 6.10 Å². The van der Waals surface area contributed by atoms with Crippen LogP contribution in [0.15, 0.2) is 71.5 Å². The quantitative estimate of drug-likeness (QED) is 0.354. The number of furan rings is 1. The fourth-order valence-electron chi connectivity index (χ4n) is 3.52. The summed E-state index contributed by atoms with van der Waals surface area (Å²) in [5.74, 6) is -0.410. The molecule has 2 aromatic carbocycles. The van der Waals surface area contributed by atoms with Crippen LogP contribution in [0.25, 0.3) is 10.9 Å². The summed E-state index contributed by atoms with van der Waals surface area (Å²) in [6.45, 7) is 3.75. The molecule has 2 heterocycles. The molecule has 1 N–H and O–H groups in total. The Hall–Kier alpha value is -3.60. The van der Waals surface area contributed by atoms with Crippen LogP contribution in [0, 0.1) is 6.92 Å². The van der Waals surface area contributed by atoms with E-state index in [4.69, 9.17) is 9.15 Å². The first-order valence-electron chi connectivity index (χ1n) is 9.53. The Labute approximate surface area is 168 Å². The molecule has 0 spiro atoms. The molecule has 1 atom stereocenters. The summed E-state index contributed by atoms with van der Waals surface area (Å²) in [4.78, 5) is 29.4. The van der Waals surface area contributed by atoms with Crippen LogP contribution in [-0.4, -0.2) is 16.7 Å². The molecule has 4 rings (SSSR count). The molecule has 0 fully saturated rings. The first kappa shape index (κ1) is 18.7. The number of esters is 1. The average molecular weight is 387 g/mol. The van der Waals surface area contributed by atoms with Crippen LogP contribution in [0.3, 0.4) is 0 Å². The Morgan fingerprint density at radius 3 is 2.52 bits per heavy atom. The fraction of sp³-hybridized carbons (Fsp3) is 0.167. The van der Waals surface area contributed by atoms with E-state index in [0.717, 1.165) is 22.9 Å². The van der Waals surface area contributed by atoms with Crippen LogP contribution < -0.4 is 0 Å². The monoisotopic (exact) mass is 387 g/mol. The van der Waals surface area contributed by atoms with Crippen molar-refractivity contribution in [2.45, 2.75) is 26.4 Å². The number of para-hydroxylation sites is 1.